The predicted molar refractivity (Wildman–Crippen MR) is 61.8 cm³/mol. The Kier molecular flexibility index (Phi) is 4.03. The molecule has 1 aromatic rings. The van der Waals surface area contributed by atoms with E-state index in [1.54, 1.807) is 19.1 Å². The molecule has 0 fully saturated rings. The van der Waals surface area contributed by atoms with Crippen molar-refractivity contribution in [3.63, 3.8) is 0 Å². The van der Waals surface area contributed by atoms with Crippen molar-refractivity contribution in [2.24, 2.45) is 0 Å². The van der Waals surface area contributed by atoms with Crippen LogP contribution in [0.15, 0.2) is 18.2 Å². The second kappa shape index (κ2) is 5.29. The molecule has 0 aliphatic carbocycles. The maximum absolute atomic E-state index is 11.1. The number of carbonyl (C=O) groups is 1. The first-order valence-electron chi connectivity index (χ1n) is 5.09. The molecule has 0 heterocycles. The maximum atomic E-state index is 11.1. The van der Waals surface area contributed by atoms with Gasteiger partial charge < -0.3 is 10.1 Å². The highest BCUT2D eigenvalue weighted by Crippen LogP contribution is 2.28. The molecule has 0 spiro atoms. The fraction of sp³-hybridized carbons (Fsp3) is 0.364. The Morgan fingerprint density at radius 1 is 1.53 bits per heavy atom. The lowest BCUT2D eigenvalue weighted by atomic mass is 10.1. The minimum Gasteiger partial charge on any atom is -0.441 e. The fourth-order valence-electron chi connectivity index (χ4n) is 1.45. The molecule has 0 aliphatic rings. The van der Waals surface area contributed by atoms with Gasteiger partial charge >= 0.3 is 6.09 Å². The fourth-order valence-corrected chi connectivity index (χ4v) is 1.45. The largest absolute Gasteiger partial charge is 0.441 e. The first-order valence-corrected chi connectivity index (χ1v) is 5.09. The summed E-state index contributed by atoms with van der Waals surface area (Å²) in [5, 5.41) is 13.1. The van der Waals surface area contributed by atoms with Crippen LogP contribution >= 0.6 is 0 Å². The summed E-state index contributed by atoms with van der Waals surface area (Å²) in [6, 6.07) is 4.70. The summed E-state index contributed by atoms with van der Waals surface area (Å²) >= 11 is 0. The maximum Gasteiger partial charge on any atom is 0.407 e. The summed E-state index contributed by atoms with van der Waals surface area (Å²) in [6.07, 6.45) is -1.29. The second-order valence-corrected chi connectivity index (χ2v) is 3.62. The molecule has 0 aromatic heterocycles. The van der Waals surface area contributed by atoms with Crippen LogP contribution in [0.5, 0.6) is 0 Å². The van der Waals surface area contributed by atoms with Gasteiger partial charge in [0.15, 0.2) is 0 Å². The summed E-state index contributed by atoms with van der Waals surface area (Å²) in [6.45, 7) is 3.41. The standard InChI is InChI=1S/C11H14N2O4/c1-7-4-5-10(13(15)16)9(6-7)8(2)17-11(14)12-3/h4-6,8H,1-3H3,(H,12,14). The Morgan fingerprint density at radius 3 is 2.71 bits per heavy atom. The predicted octanol–water partition coefficient (Wildman–Crippen LogP) is 2.32. The molecular formula is C11H14N2O4. The highest BCUT2D eigenvalue weighted by Gasteiger charge is 2.21. The zero-order valence-corrected chi connectivity index (χ0v) is 9.89. The number of benzene rings is 1. The van der Waals surface area contributed by atoms with Crippen molar-refractivity contribution in [3.05, 3.63) is 39.4 Å². The molecule has 0 aliphatic heterocycles. The Labute approximate surface area is 98.7 Å². The lowest BCUT2D eigenvalue weighted by Crippen LogP contribution is -2.21. The van der Waals surface area contributed by atoms with Gasteiger partial charge in [-0.1, -0.05) is 11.6 Å². The van der Waals surface area contributed by atoms with Crippen LogP contribution in [0.25, 0.3) is 0 Å². The average molecular weight is 238 g/mol. The van der Waals surface area contributed by atoms with Gasteiger partial charge in [-0.3, -0.25) is 10.1 Å². The molecule has 1 aromatic carbocycles. The Morgan fingerprint density at radius 2 is 2.18 bits per heavy atom. The first-order chi connectivity index (χ1) is 7.95. The van der Waals surface area contributed by atoms with Crippen molar-refractivity contribution in [1.82, 2.24) is 5.32 Å². The minimum atomic E-state index is -0.671. The van der Waals surface area contributed by atoms with E-state index in [1.807, 2.05) is 6.92 Å². The van der Waals surface area contributed by atoms with Gasteiger partial charge in [-0.15, -0.1) is 0 Å². The van der Waals surface area contributed by atoms with Crippen LogP contribution in [0.1, 0.15) is 24.2 Å². The number of aryl methyl sites for hydroxylation is 1. The number of rotatable bonds is 3. The number of hydrogen-bond donors (Lipinski definition) is 1. The molecule has 6 nitrogen and oxygen atoms in total. The van der Waals surface area contributed by atoms with Gasteiger partial charge in [0.25, 0.3) is 5.69 Å². The number of carbonyl (C=O) groups excluding carboxylic acids is 1. The zero-order chi connectivity index (χ0) is 13.0. The van der Waals surface area contributed by atoms with Crippen molar-refractivity contribution < 1.29 is 14.5 Å². The van der Waals surface area contributed by atoms with Gasteiger partial charge in [-0.05, 0) is 19.9 Å². The molecule has 1 unspecified atom stereocenters. The number of nitrogens with one attached hydrogen (secondary N) is 1. The highest BCUT2D eigenvalue weighted by molar-refractivity contribution is 5.67. The number of nitrogens with zero attached hydrogens (tertiary/aromatic N) is 1. The van der Waals surface area contributed by atoms with Crippen LogP contribution in [0.3, 0.4) is 0 Å². The van der Waals surface area contributed by atoms with Gasteiger partial charge in [0.05, 0.1) is 10.5 Å². The monoisotopic (exact) mass is 238 g/mol. The van der Waals surface area contributed by atoms with E-state index >= 15 is 0 Å². The van der Waals surface area contributed by atoms with Crippen molar-refractivity contribution in [1.29, 1.82) is 0 Å². The zero-order valence-electron chi connectivity index (χ0n) is 9.89. The quantitative estimate of drug-likeness (QED) is 0.647. The van der Waals surface area contributed by atoms with Crippen LogP contribution in [-0.4, -0.2) is 18.1 Å². The van der Waals surface area contributed by atoms with E-state index in [2.05, 4.69) is 5.32 Å². The molecule has 6 heteroatoms. The van der Waals surface area contributed by atoms with Crippen LogP contribution in [0, 0.1) is 17.0 Å². The molecule has 92 valence electrons. The lowest BCUT2D eigenvalue weighted by molar-refractivity contribution is -0.386. The number of nitro groups is 1. The molecule has 0 radical (unpaired) electrons. The number of amides is 1. The third-order valence-electron chi connectivity index (χ3n) is 2.31. The third-order valence-corrected chi connectivity index (χ3v) is 2.31. The van der Waals surface area contributed by atoms with E-state index in [1.165, 1.54) is 13.1 Å². The summed E-state index contributed by atoms with van der Waals surface area (Å²) in [5.74, 6) is 0. The highest BCUT2D eigenvalue weighted by atomic mass is 16.6. The summed E-state index contributed by atoms with van der Waals surface area (Å²) < 4.78 is 4.98. The Balaban J connectivity index is 3.06. The molecule has 0 bridgehead atoms. The van der Waals surface area contributed by atoms with Gasteiger partial charge in [-0.2, -0.15) is 0 Å². The van der Waals surface area contributed by atoms with E-state index in [-0.39, 0.29) is 5.69 Å². The van der Waals surface area contributed by atoms with Crippen LogP contribution in [-0.2, 0) is 4.74 Å². The van der Waals surface area contributed by atoms with Crippen molar-refractivity contribution >= 4 is 11.8 Å². The third kappa shape index (κ3) is 3.17. The van der Waals surface area contributed by atoms with E-state index in [4.69, 9.17) is 4.74 Å². The summed E-state index contributed by atoms with van der Waals surface area (Å²) in [7, 11) is 1.43. The first kappa shape index (κ1) is 13.0. The Bertz CT molecular complexity index is 445. The van der Waals surface area contributed by atoms with Crippen molar-refractivity contribution in [2.45, 2.75) is 20.0 Å². The molecule has 0 saturated carbocycles. The molecule has 17 heavy (non-hydrogen) atoms. The smallest absolute Gasteiger partial charge is 0.407 e. The van der Waals surface area contributed by atoms with E-state index in [9.17, 15) is 14.9 Å². The molecule has 1 N–H and O–H groups in total. The van der Waals surface area contributed by atoms with Gasteiger partial charge in [0.1, 0.15) is 6.10 Å². The number of nitro benzene ring substituents is 1. The van der Waals surface area contributed by atoms with E-state index in [0.717, 1.165) is 5.56 Å². The molecule has 1 rings (SSSR count). The molecular weight excluding hydrogens is 224 g/mol. The van der Waals surface area contributed by atoms with E-state index < -0.39 is 17.1 Å². The number of alkyl carbamates (subject to hydrolysis) is 1. The summed E-state index contributed by atoms with van der Waals surface area (Å²) in [4.78, 5) is 21.4. The molecule has 1 atom stereocenters. The number of hydrogen-bond acceptors (Lipinski definition) is 4. The minimum absolute atomic E-state index is 0.0491. The Hall–Kier alpha value is -2.11. The van der Waals surface area contributed by atoms with Gasteiger partial charge in [0.2, 0.25) is 0 Å². The van der Waals surface area contributed by atoms with Gasteiger partial charge in [-0.25, -0.2) is 4.79 Å². The van der Waals surface area contributed by atoms with Crippen LogP contribution in [0.2, 0.25) is 0 Å². The number of ether oxygens (including phenoxy) is 1. The summed E-state index contributed by atoms with van der Waals surface area (Å²) in [5.41, 5.74) is 1.21. The van der Waals surface area contributed by atoms with Crippen LogP contribution < -0.4 is 5.32 Å². The van der Waals surface area contributed by atoms with Crippen molar-refractivity contribution in [2.75, 3.05) is 7.05 Å². The normalized spacial score (nSPS) is 11.7. The molecule has 0 saturated heterocycles. The second-order valence-electron chi connectivity index (χ2n) is 3.62. The lowest BCUT2D eigenvalue weighted by Gasteiger charge is -2.13. The van der Waals surface area contributed by atoms with Gasteiger partial charge in [0, 0.05) is 13.1 Å². The SMILES string of the molecule is CNC(=O)OC(C)c1cc(C)ccc1[N+](=O)[O-]. The van der Waals surface area contributed by atoms with E-state index in [0.29, 0.717) is 5.56 Å². The average Bonchev–Trinajstić information content (AvgIpc) is 2.28. The topological polar surface area (TPSA) is 81.5 Å². The molecule has 1 amide bonds. The van der Waals surface area contributed by atoms with Crippen molar-refractivity contribution in [3.8, 4) is 0 Å². The van der Waals surface area contributed by atoms with Crippen LogP contribution in [0.4, 0.5) is 10.5 Å².